The Hall–Kier alpha value is -1.71. The van der Waals surface area contributed by atoms with Gasteiger partial charge in [0.05, 0.1) is 5.70 Å². The first-order valence-corrected chi connectivity index (χ1v) is 4.88. The molecule has 0 bridgehead atoms. The highest BCUT2D eigenvalue weighted by molar-refractivity contribution is 5.68. The molecule has 0 spiro atoms. The number of aromatic nitrogens is 1. The number of hydrogen-bond acceptors (Lipinski definition) is 2. The van der Waals surface area contributed by atoms with Crippen LogP contribution in [0.1, 0.15) is 5.69 Å². The molecule has 1 aromatic heterocycles. The Morgan fingerprint density at radius 1 is 1.60 bits per heavy atom. The monoisotopic (exact) mass is 206 g/mol. The van der Waals surface area contributed by atoms with E-state index < -0.39 is 0 Å². The predicted octanol–water partition coefficient (Wildman–Crippen LogP) is 1.58. The summed E-state index contributed by atoms with van der Waals surface area (Å²) in [6.07, 6.45) is 4.68. The van der Waals surface area contributed by atoms with Crippen molar-refractivity contribution in [3.63, 3.8) is 0 Å². The largest absolute Gasteiger partial charge is 0.443 e. The lowest BCUT2D eigenvalue weighted by Crippen LogP contribution is -2.23. The third-order valence-corrected chi connectivity index (χ3v) is 2.40. The third kappa shape index (κ3) is 1.88. The van der Waals surface area contributed by atoms with Crippen LogP contribution in [-0.2, 0) is 11.2 Å². The molecule has 2 heterocycles. The minimum Gasteiger partial charge on any atom is -0.443 e. The SMILES string of the molecule is CN(C)C(=O)OCC1=CCc2cccn21. The molecule has 80 valence electrons. The summed E-state index contributed by atoms with van der Waals surface area (Å²) >= 11 is 0. The number of ether oxygens (including phenoxy) is 1. The molecule has 0 saturated carbocycles. The van der Waals surface area contributed by atoms with Crippen molar-refractivity contribution >= 4 is 11.8 Å². The second kappa shape index (κ2) is 3.81. The molecule has 15 heavy (non-hydrogen) atoms. The van der Waals surface area contributed by atoms with Gasteiger partial charge in [-0.3, -0.25) is 0 Å². The molecule has 0 atom stereocenters. The van der Waals surface area contributed by atoms with Gasteiger partial charge in [-0.25, -0.2) is 4.79 Å². The van der Waals surface area contributed by atoms with Gasteiger partial charge in [0.25, 0.3) is 0 Å². The van der Waals surface area contributed by atoms with E-state index in [-0.39, 0.29) is 6.09 Å². The van der Waals surface area contributed by atoms with Crippen LogP contribution in [0.25, 0.3) is 5.70 Å². The zero-order chi connectivity index (χ0) is 10.8. The molecule has 0 fully saturated rings. The molecular formula is C11H14N2O2. The van der Waals surface area contributed by atoms with E-state index in [1.165, 1.54) is 10.6 Å². The van der Waals surface area contributed by atoms with Crippen molar-refractivity contribution < 1.29 is 9.53 Å². The molecule has 1 aliphatic rings. The maximum atomic E-state index is 11.2. The lowest BCUT2D eigenvalue weighted by Gasteiger charge is -2.12. The molecule has 2 rings (SSSR count). The Labute approximate surface area is 88.7 Å². The molecule has 4 heteroatoms. The van der Waals surface area contributed by atoms with Crippen molar-refractivity contribution in [3.05, 3.63) is 30.1 Å². The first-order chi connectivity index (χ1) is 7.18. The maximum Gasteiger partial charge on any atom is 0.409 e. The molecule has 0 radical (unpaired) electrons. The molecule has 1 aliphatic heterocycles. The van der Waals surface area contributed by atoms with Crippen LogP contribution in [0.2, 0.25) is 0 Å². The van der Waals surface area contributed by atoms with E-state index >= 15 is 0 Å². The van der Waals surface area contributed by atoms with Gasteiger partial charge in [-0.15, -0.1) is 0 Å². The number of rotatable bonds is 2. The summed E-state index contributed by atoms with van der Waals surface area (Å²) in [5, 5.41) is 0. The number of carbonyl (C=O) groups excluding carboxylic acids is 1. The van der Waals surface area contributed by atoms with Crippen LogP contribution >= 0.6 is 0 Å². The number of hydrogen-bond donors (Lipinski definition) is 0. The Morgan fingerprint density at radius 3 is 3.13 bits per heavy atom. The topological polar surface area (TPSA) is 34.5 Å². The maximum absolute atomic E-state index is 11.2. The average Bonchev–Trinajstić information content (AvgIpc) is 2.76. The summed E-state index contributed by atoms with van der Waals surface area (Å²) < 4.78 is 7.17. The van der Waals surface area contributed by atoms with Gasteiger partial charge >= 0.3 is 6.09 Å². The van der Waals surface area contributed by atoms with Crippen molar-refractivity contribution in [2.24, 2.45) is 0 Å². The van der Waals surface area contributed by atoms with E-state index in [9.17, 15) is 4.79 Å². The van der Waals surface area contributed by atoms with Gasteiger partial charge < -0.3 is 14.2 Å². The molecule has 1 amide bonds. The number of allylic oxidation sites excluding steroid dienone is 1. The normalized spacial score (nSPS) is 13.3. The van der Waals surface area contributed by atoms with E-state index in [0.717, 1.165) is 12.1 Å². The van der Waals surface area contributed by atoms with Gasteiger partial charge in [0.1, 0.15) is 6.61 Å². The van der Waals surface area contributed by atoms with E-state index in [4.69, 9.17) is 4.74 Å². The van der Waals surface area contributed by atoms with E-state index in [1.54, 1.807) is 14.1 Å². The van der Waals surface area contributed by atoms with Gasteiger partial charge in [0.2, 0.25) is 0 Å². The fourth-order valence-electron chi connectivity index (χ4n) is 1.58. The average molecular weight is 206 g/mol. The molecule has 4 nitrogen and oxygen atoms in total. The predicted molar refractivity (Wildman–Crippen MR) is 57.4 cm³/mol. The second-order valence-corrected chi connectivity index (χ2v) is 3.72. The lowest BCUT2D eigenvalue weighted by atomic mass is 10.3. The molecule has 0 aromatic carbocycles. The molecule has 1 aromatic rings. The van der Waals surface area contributed by atoms with Crippen LogP contribution in [0, 0.1) is 0 Å². The second-order valence-electron chi connectivity index (χ2n) is 3.72. The number of fused-ring (bicyclic) bond motifs is 1. The standard InChI is InChI=1S/C11H14N2O2/c1-12(2)11(14)15-8-10-6-5-9-4-3-7-13(9)10/h3-4,6-7H,5,8H2,1-2H3. The Bertz CT molecular complexity index is 404. The number of amides is 1. The molecule has 0 unspecified atom stereocenters. The quantitative estimate of drug-likeness (QED) is 0.736. The Balaban J connectivity index is 1.96. The number of nitrogens with zero attached hydrogens (tertiary/aromatic N) is 2. The van der Waals surface area contributed by atoms with Gasteiger partial charge in [-0.2, -0.15) is 0 Å². The smallest absolute Gasteiger partial charge is 0.409 e. The first kappa shape index (κ1) is 9.83. The minimum atomic E-state index is -0.309. The van der Waals surface area contributed by atoms with Crippen LogP contribution in [0.5, 0.6) is 0 Å². The van der Waals surface area contributed by atoms with E-state index in [0.29, 0.717) is 6.61 Å². The van der Waals surface area contributed by atoms with Gasteiger partial charge in [-0.05, 0) is 12.1 Å². The van der Waals surface area contributed by atoms with Crippen LogP contribution in [0.4, 0.5) is 4.79 Å². The van der Waals surface area contributed by atoms with Crippen LogP contribution in [0.3, 0.4) is 0 Å². The van der Waals surface area contributed by atoms with Gasteiger partial charge in [0, 0.05) is 32.4 Å². The summed E-state index contributed by atoms with van der Waals surface area (Å²) in [4.78, 5) is 12.6. The van der Waals surface area contributed by atoms with E-state index in [1.807, 2.05) is 12.3 Å². The third-order valence-electron chi connectivity index (χ3n) is 2.40. The van der Waals surface area contributed by atoms with Gasteiger partial charge in [-0.1, -0.05) is 6.08 Å². The Kier molecular flexibility index (Phi) is 2.49. The zero-order valence-electron chi connectivity index (χ0n) is 8.93. The minimum absolute atomic E-state index is 0.309. The van der Waals surface area contributed by atoms with Crippen molar-refractivity contribution in [3.8, 4) is 0 Å². The highest BCUT2D eigenvalue weighted by Gasteiger charge is 2.14. The highest BCUT2D eigenvalue weighted by Crippen LogP contribution is 2.19. The molecule has 0 N–H and O–H groups in total. The van der Waals surface area contributed by atoms with Crippen molar-refractivity contribution in [1.29, 1.82) is 0 Å². The highest BCUT2D eigenvalue weighted by atomic mass is 16.6. The van der Waals surface area contributed by atoms with Crippen LogP contribution in [-0.4, -0.2) is 36.3 Å². The van der Waals surface area contributed by atoms with Crippen molar-refractivity contribution in [2.75, 3.05) is 20.7 Å². The zero-order valence-corrected chi connectivity index (χ0v) is 8.93. The van der Waals surface area contributed by atoms with Crippen molar-refractivity contribution in [1.82, 2.24) is 9.47 Å². The summed E-state index contributed by atoms with van der Waals surface area (Å²) in [6.45, 7) is 0.332. The fourth-order valence-corrected chi connectivity index (χ4v) is 1.58. The Morgan fingerprint density at radius 2 is 2.40 bits per heavy atom. The summed E-state index contributed by atoms with van der Waals surface area (Å²) in [7, 11) is 3.35. The van der Waals surface area contributed by atoms with Crippen molar-refractivity contribution in [2.45, 2.75) is 6.42 Å². The molecule has 0 saturated heterocycles. The summed E-state index contributed by atoms with van der Waals surface area (Å²) in [5.41, 5.74) is 2.27. The number of carbonyl (C=O) groups is 1. The van der Waals surface area contributed by atoms with Gasteiger partial charge in [0.15, 0.2) is 0 Å². The molecular weight excluding hydrogens is 192 g/mol. The lowest BCUT2D eigenvalue weighted by molar-refractivity contribution is 0.130. The first-order valence-electron chi connectivity index (χ1n) is 4.88. The molecule has 0 aliphatic carbocycles. The summed E-state index contributed by atoms with van der Waals surface area (Å²) in [5.74, 6) is 0. The van der Waals surface area contributed by atoms with Crippen LogP contribution < -0.4 is 0 Å². The summed E-state index contributed by atoms with van der Waals surface area (Å²) in [6, 6.07) is 4.06. The fraction of sp³-hybridized carbons (Fsp3) is 0.364. The van der Waals surface area contributed by atoms with E-state index in [2.05, 4.69) is 16.7 Å². The van der Waals surface area contributed by atoms with Crippen LogP contribution in [0.15, 0.2) is 24.4 Å².